The van der Waals surface area contributed by atoms with Gasteiger partial charge in [-0.15, -0.1) is 0 Å². The van der Waals surface area contributed by atoms with Gasteiger partial charge in [-0.05, 0) is 49.9 Å². The minimum absolute atomic E-state index is 0.463. The summed E-state index contributed by atoms with van der Waals surface area (Å²) in [4.78, 5) is 24.9. The van der Waals surface area contributed by atoms with Crippen molar-refractivity contribution in [3.05, 3.63) is 29.3 Å². The maximum atomic E-state index is 11.7. The third-order valence-corrected chi connectivity index (χ3v) is 4.26. The van der Waals surface area contributed by atoms with E-state index in [2.05, 4.69) is 0 Å². The number of anilines is 1. The Morgan fingerprint density at radius 1 is 1.45 bits per heavy atom. The van der Waals surface area contributed by atoms with Gasteiger partial charge in [-0.1, -0.05) is 6.92 Å². The first-order valence-corrected chi connectivity index (χ1v) is 6.84. The van der Waals surface area contributed by atoms with Crippen molar-refractivity contribution in [2.75, 3.05) is 11.4 Å². The molecule has 0 bridgehead atoms. The van der Waals surface area contributed by atoms with Gasteiger partial charge in [0.1, 0.15) is 5.54 Å². The van der Waals surface area contributed by atoms with Crippen LogP contribution in [0.25, 0.3) is 0 Å². The first kappa shape index (κ1) is 14.4. The van der Waals surface area contributed by atoms with Gasteiger partial charge in [0.05, 0.1) is 0 Å². The van der Waals surface area contributed by atoms with E-state index in [4.69, 9.17) is 5.73 Å². The number of rotatable bonds is 4. The van der Waals surface area contributed by atoms with Crippen LogP contribution in [0.2, 0.25) is 0 Å². The van der Waals surface area contributed by atoms with Crippen molar-refractivity contribution in [1.29, 1.82) is 0 Å². The molecule has 1 aromatic rings. The van der Waals surface area contributed by atoms with E-state index in [-0.39, 0.29) is 0 Å². The van der Waals surface area contributed by atoms with E-state index in [1.807, 2.05) is 24.8 Å². The van der Waals surface area contributed by atoms with E-state index in [0.29, 0.717) is 18.4 Å². The Labute approximate surface area is 118 Å². The smallest absolute Gasteiger partial charge is 0.329 e. The van der Waals surface area contributed by atoms with Gasteiger partial charge in [-0.3, -0.25) is 4.79 Å². The molecular formula is C15H20N2O3. The maximum Gasteiger partial charge on any atom is 0.329 e. The molecule has 3 N–H and O–H groups in total. The summed E-state index contributed by atoms with van der Waals surface area (Å²) in [6.45, 7) is 4.43. The number of primary amides is 1. The van der Waals surface area contributed by atoms with E-state index in [9.17, 15) is 14.7 Å². The standard InChI is InChI=1S/C15H20N2O3/c1-3-15(14(19)20)7-4-8-17(15)11-5-6-12(13(16)18)10(2)9-11/h5-6,9H,3-4,7-8H2,1-2H3,(H2,16,18)(H,19,20). The lowest BCUT2D eigenvalue weighted by atomic mass is 9.92. The monoisotopic (exact) mass is 276 g/mol. The summed E-state index contributed by atoms with van der Waals surface area (Å²) >= 11 is 0. The summed E-state index contributed by atoms with van der Waals surface area (Å²) < 4.78 is 0. The summed E-state index contributed by atoms with van der Waals surface area (Å²) in [6.07, 6.45) is 2.06. The van der Waals surface area contributed by atoms with Crippen molar-refractivity contribution >= 4 is 17.6 Å². The largest absolute Gasteiger partial charge is 0.479 e. The number of carbonyl (C=O) groups is 2. The van der Waals surface area contributed by atoms with E-state index in [1.54, 1.807) is 12.1 Å². The molecule has 0 radical (unpaired) electrons. The third-order valence-electron chi connectivity index (χ3n) is 4.26. The highest BCUT2D eigenvalue weighted by atomic mass is 16.4. The van der Waals surface area contributed by atoms with Crippen LogP contribution in [-0.2, 0) is 4.79 Å². The molecule has 1 saturated heterocycles. The van der Waals surface area contributed by atoms with Gasteiger partial charge < -0.3 is 15.7 Å². The zero-order valence-corrected chi connectivity index (χ0v) is 11.8. The normalized spacial score (nSPS) is 22.0. The minimum atomic E-state index is -0.833. The molecule has 0 aliphatic carbocycles. The van der Waals surface area contributed by atoms with Gasteiger partial charge >= 0.3 is 5.97 Å². The predicted molar refractivity (Wildman–Crippen MR) is 76.9 cm³/mol. The predicted octanol–water partition coefficient (Wildman–Crippen LogP) is 1.93. The highest BCUT2D eigenvalue weighted by Gasteiger charge is 2.46. The molecule has 1 fully saturated rings. The molecule has 1 amide bonds. The van der Waals surface area contributed by atoms with E-state index < -0.39 is 17.4 Å². The van der Waals surface area contributed by atoms with Crippen molar-refractivity contribution in [1.82, 2.24) is 0 Å². The fraction of sp³-hybridized carbons (Fsp3) is 0.467. The van der Waals surface area contributed by atoms with Crippen LogP contribution in [0.3, 0.4) is 0 Å². The van der Waals surface area contributed by atoms with Crippen LogP contribution in [0, 0.1) is 6.92 Å². The molecule has 2 rings (SSSR count). The fourth-order valence-corrected chi connectivity index (χ4v) is 3.09. The molecule has 0 spiro atoms. The number of hydrogen-bond donors (Lipinski definition) is 2. The molecule has 1 heterocycles. The van der Waals surface area contributed by atoms with E-state index >= 15 is 0 Å². The molecule has 108 valence electrons. The molecule has 1 unspecified atom stereocenters. The van der Waals surface area contributed by atoms with Crippen LogP contribution in [0.15, 0.2) is 18.2 Å². The lowest BCUT2D eigenvalue weighted by Gasteiger charge is -2.36. The second-order valence-corrected chi connectivity index (χ2v) is 5.31. The van der Waals surface area contributed by atoms with Crippen molar-refractivity contribution in [3.63, 3.8) is 0 Å². The maximum absolute atomic E-state index is 11.7. The number of benzene rings is 1. The van der Waals surface area contributed by atoms with E-state index in [1.165, 1.54) is 0 Å². The molecule has 1 aliphatic rings. The Hall–Kier alpha value is -2.04. The molecular weight excluding hydrogens is 256 g/mol. The van der Waals surface area contributed by atoms with Crippen molar-refractivity contribution in [2.45, 2.75) is 38.6 Å². The second kappa shape index (κ2) is 5.15. The Kier molecular flexibility index (Phi) is 3.70. The van der Waals surface area contributed by atoms with Gasteiger partial charge in [0.25, 0.3) is 0 Å². The Morgan fingerprint density at radius 3 is 2.65 bits per heavy atom. The number of carboxylic acids is 1. The fourth-order valence-electron chi connectivity index (χ4n) is 3.09. The lowest BCUT2D eigenvalue weighted by molar-refractivity contribution is -0.143. The molecule has 20 heavy (non-hydrogen) atoms. The van der Waals surface area contributed by atoms with E-state index in [0.717, 1.165) is 24.2 Å². The topological polar surface area (TPSA) is 83.6 Å². The van der Waals surface area contributed by atoms with Crippen molar-refractivity contribution in [2.24, 2.45) is 5.73 Å². The first-order valence-electron chi connectivity index (χ1n) is 6.84. The average Bonchev–Trinajstić information content (AvgIpc) is 2.83. The molecule has 5 nitrogen and oxygen atoms in total. The summed E-state index contributed by atoms with van der Waals surface area (Å²) in [5.41, 5.74) is 6.56. The summed E-state index contributed by atoms with van der Waals surface area (Å²) in [7, 11) is 0. The SMILES string of the molecule is CCC1(C(=O)O)CCCN1c1ccc(C(N)=O)c(C)c1. The van der Waals surface area contributed by atoms with Gasteiger partial charge in [0.15, 0.2) is 0 Å². The van der Waals surface area contributed by atoms with Crippen LogP contribution in [0.1, 0.15) is 42.1 Å². The van der Waals surface area contributed by atoms with Crippen molar-refractivity contribution < 1.29 is 14.7 Å². The average molecular weight is 276 g/mol. The van der Waals surface area contributed by atoms with Gasteiger partial charge in [0, 0.05) is 17.8 Å². The lowest BCUT2D eigenvalue weighted by Crippen LogP contribution is -2.50. The van der Waals surface area contributed by atoms with Gasteiger partial charge in [-0.25, -0.2) is 4.79 Å². The number of nitrogens with zero attached hydrogens (tertiary/aromatic N) is 1. The third kappa shape index (κ3) is 2.13. The molecule has 1 aliphatic heterocycles. The summed E-state index contributed by atoms with van der Waals surface area (Å²) in [5.74, 6) is -1.25. The summed E-state index contributed by atoms with van der Waals surface area (Å²) in [6, 6.07) is 5.30. The van der Waals surface area contributed by atoms with Crippen LogP contribution < -0.4 is 10.6 Å². The summed E-state index contributed by atoms with van der Waals surface area (Å²) in [5, 5.41) is 9.59. The minimum Gasteiger partial charge on any atom is -0.479 e. The quantitative estimate of drug-likeness (QED) is 0.880. The number of carboxylic acid groups (broad SMARTS) is 1. The zero-order chi connectivity index (χ0) is 14.9. The molecule has 0 saturated carbocycles. The molecule has 1 atom stereocenters. The number of amides is 1. The molecule has 0 aromatic heterocycles. The number of aliphatic carboxylic acids is 1. The Balaban J connectivity index is 2.43. The van der Waals surface area contributed by atoms with Gasteiger partial charge in [0.2, 0.25) is 5.91 Å². The Morgan fingerprint density at radius 2 is 2.15 bits per heavy atom. The van der Waals surface area contributed by atoms with Crippen LogP contribution in [-0.4, -0.2) is 29.1 Å². The second-order valence-electron chi connectivity index (χ2n) is 5.31. The number of carbonyl (C=O) groups excluding carboxylic acids is 1. The Bertz CT molecular complexity index is 556. The molecule has 1 aromatic carbocycles. The first-order chi connectivity index (χ1) is 9.42. The van der Waals surface area contributed by atoms with Crippen LogP contribution >= 0.6 is 0 Å². The number of aryl methyl sites for hydroxylation is 1. The van der Waals surface area contributed by atoms with Crippen LogP contribution in [0.4, 0.5) is 5.69 Å². The number of hydrogen-bond acceptors (Lipinski definition) is 3. The highest BCUT2D eigenvalue weighted by Crippen LogP contribution is 2.37. The highest BCUT2D eigenvalue weighted by molar-refractivity contribution is 5.95. The van der Waals surface area contributed by atoms with Crippen LogP contribution in [0.5, 0.6) is 0 Å². The molecule has 5 heteroatoms. The number of nitrogens with two attached hydrogens (primary N) is 1. The van der Waals surface area contributed by atoms with Crippen molar-refractivity contribution in [3.8, 4) is 0 Å². The zero-order valence-electron chi connectivity index (χ0n) is 11.8. The van der Waals surface area contributed by atoms with Gasteiger partial charge in [-0.2, -0.15) is 0 Å².